The Morgan fingerprint density at radius 1 is 1.43 bits per heavy atom. The third kappa shape index (κ3) is 5.62. The largest absolute Gasteiger partial charge is 0.469 e. The Morgan fingerprint density at radius 2 is 2.22 bits per heavy atom. The number of carbonyl (C=O) groups is 2. The lowest BCUT2D eigenvalue weighted by Crippen LogP contribution is -2.10. The van der Waals surface area contributed by atoms with Gasteiger partial charge in [-0.2, -0.15) is 0 Å². The Hall–Kier alpha value is -1.97. The molecule has 2 rings (SSSR count). The topological polar surface area (TPSA) is 120 Å². The lowest BCUT2D eigenvalue weighted by Gasteiger charge is -1.97. The van der Waals surface area contributed by atoms with Crippen LogP contribution in [0.3, 0.4) is 0 Å². The van der Waals surface area contributed by atoms with Gasteiger partial charge in [-0.3, -0.25) is 14.9 Å². The van der Waals surface area contributed by atoms with Gasteiger partial charge in [-0.1, -0.05) is 11.3 Å². The SMILES string of the molecule is COC(=O)CCCc1nnc(NC(=O)c2coc(CN)c2)s1.Cl. The number of nitrogens with two attached hydrogens (primary N) is 1. The van der Waals surface area contributed by atoms with Gasteiger partial charge >= 0.3 is 5.97 Å². The van der Waals surface area contributed by atoms with E-state index in [4.69, 9.17) is 10.2 Å². The molecule has 0 radical (unpaired) electrons. The van der Waals surface area contributed by atoms with Crippen LogP contribution in [0.2, 0.25) is 0 Å². The number of amides is 1. The highest BCUT2D eigenvalue weighted by Crippen LogP contribution is 2.18. The molecule has 0 atom stereocenters. The first kappa shape index (κ1) is 19.1. The maximum absolute atomic E-state index is 12.0. The molecule has 0 aromatic carbocycles. The first-order valence-corrected chi connectivity index (χ1v) is 7.42. The number of esters is 1. The van der Waals surface area contributed by atoms with E-state index >= 15 is 0 Å². The van der Waals surface area contributed by atoms with E-state index in [1.54, 1.807) is 6.07 Å². The highest BCUT2D eigenvalue weighted by atomic mass is 35.5. The van der Waals surface area contributed by atoms with Crippen molar-refractivity contribution in [2.75, 3.05) is 12.4 Å². The smallest absolute Gasteiger partial charge is 0.305 e. The molecule has 2 aromatic rings. The third-order valence-electron chi connectivity index (χ3n) is 2.80. The molecule has 0 aliphatic carbocycles. The minimum absolute atomic E-state index is 0. The molecule has 0 saturated heterocycles. The number of methoxy groups -OCH3 is 1. The zero-order valence-electron chi connectivity index (χ0n) is 12.4. The molecule has 126 valence electrons. The number of nitrogens with zero attached hydrogens (tertiary/aromatic N) is 2. The summed E-state index contributed by atoms with van der Waals surface area (Å²) in [6.07, 6.45) is 2.90. The monoisotopic (exact) mass is 360 g/mol. The standard InChI is InChI=1S/C13H16N4O4S.ClH/c1-20-11(18)4-2-3-10-16-17-13(22-10)15-12(19)8-5-9(6-14)21-7-8;/h5,7H,2-4,6,14H2,1H3,(H,15,17,19);1H. The van der Waals surface area contributed by atoms with Gasteiger partial charge in [-0.25, -0.2) is 0 Å². The molecule has 0 saturated carbocycles. The molecule has 10 heteroatoms. The zero-order valence-corrected chi connectivity index (χ0v) is 14.0. The fourth-order valence-electron chi connectivity index (χ4n) is 1.67. The van der Waals surface area contributed by atoms with Crippen molar-refractivity contribution in [2.45, 2.75) is 25.8 Å². The second-order valence-electron chi connectivity index (χ2n) is 4.39. The molecule has 0 spiro atoms. The molecular formula is C13H17ClN4O4S. The van der Waals surface area contributed by atoms with E-state index in [-0.39, 0.29) is 30.8 Å². The van der Waals surface area contributed by atoms with Gasteiger partial charge in [0.15, 0.2) is 0 Å². The summed E-state index contributed by atoms with van der Waals surface area (Å²) in [4.78, 5) is 23.0. The quantitative estimate of drug-likeness (QED) is 0.721. The van der Waals surface area contributed by atoms with Gasteiger partial charge in [0.05, 0.1) is 19.2 Å². The molecule has 0 bridgehead atoms. The number of ether oxygens (including phenoxy) is 1. The van der Waals surface area contributed by atoms with Crippen molar-refractivity contribution in [1.82, 2.24) is 10.2 Å². The average Bonchev–Trinajstić information content (AvgIpc) is 3.16. The molecule has 0 fully saturated rings. The normalized spacial score (nSPS) is 10.0. The molecule has 2 aromatic heterocycles. The van der Waals surface area contributed by atoms with Gasteiger partial charge in [-0.15, -0.1) is 22.6 Å². The molecule has 0 aliphatic rings. The van der Waals surface area contributed by atoms with E-state index in [0.717, 1.165) is 5.01 Å². The third-order valence-corrected chi connectivity index (χ3v) is 3.70. The van der Waals surface area contributed by atoms with Crippen molar-refractivity contribution in [3.63, 3.8) is 0 Å². The summed E-state index contributed by atoms with van der Waals surface area (Å²) in [5.41, 5.74) is 5.80. The van der Waals surface area contributed by atoms with Gasteiger partial charge in [0.2, 0.25) is 5.13 Å². The fourth-order valence-corrected chi connectivity index (χ4v) is 2.44. The van der Waals surface area contributed by atoms with Crippen molar-refractivity contribution in [1.29, 1.82) is 0 Å². The summed E-state index contributed by atoms with van der Waals surface area (Å²) in [6.45, 7) is 0.233. The fraction of sp³-hybridized carbons (Fsp3) is 0.385. The van der Waals surface area contributed by atoms with Crippen molar-refractivity contribution in [2.24, 2.45) is 5.73 Å². The van der Waals surface area contributed by atoms with Crippen LogP contribution in [0.15, 0.2) is 16.7 Å². The number of hydrogen-bond donors (Lipinski definition) is 2. The number of nitrogens with one attached hydrogen (secondary N) is 1. The van der Waals surface area contributed by atoms with Crippen molar-refractivity contribution >= 4 is 40.8 Å². The van der Waals surface area contributed by atoms with Gasteiger partial charge < -0.3 is 14.9 Å². The van der Waals surface area contributed by atoms with E-state index in [0.29, 0.717) is 35.7 Å². The van der Waals surface area contributed by atoms with Crippen LogP contribution in [0.4, 0.5) is 5.13 Å². The van der Waals surface area contributed by atoms with Gasteiger partial charge in [0.25, 0.3) is 5.91 Å². The van der Waals surface area contributed by atoms with E-state index in [1.165, 1.54) is 24.7 Å². The lowest BCUT2D eigenvalue weighted by atomic mass is 10.2. The van der Waals surface area contributed by atoms with Crippen LogP contribution in [0.25, 0.3) is 0 Å². The Kier molecular flexibility index (Phi) is 7.66. The van der Waals surface area contributed by atoms with Crippen molar-refractivity contribution < 1.29 is 18.7 Å². The average molecular weight is 361 g/mol. The number of hydrogen-bond acceptors (Lipinski definition) is 8. The highest BCUT2D eigenvalue weighted by Gasteiger charge is 2.13. The maximum Gasteiger partial charge on any atom is 0.305 e. The number of halogens is 1. The minimum Gasteiger partial charge on any atom is -0.469 e. The summed E-state index contributed by atoms with van der Waals surface area (Å²) in [5.74, 6) is -0.0552. The summed E-state index contributed by atoms with van der Waals surface area (Å²) >= 11 is 1.27. The second-order valence-corrected chi connectivity index (χ2v) is 5.45. The number of carbonyl (C=O) groups excluding carboxylic acids is 2. The van der Waals surface area contributed by atoms with E-state index in [9.17, 15) is 9.59 Å². The Balaban J connectivity index is 0.00000264. The summed E-state index contributed by atoms with van der Waals surface area (Å²) in [7, 11) is 1.35. The van der Waals surface area contributed by atoms with Crippen LogP contribution in [0.1, 0.15) is 34.0 Å². The summed E-state index contributed by atoms with van der Waals surface area (Å²) in [6, 6.07) is 1.58. The molecular weight excluding hydrogens is 344 g/mol. The minimum atomic E-state index is -0.333. The highest BCUT2D eigenvalue weighted by molar-refractivity contribution is 7.15. The number of aromatic nitrogens is 2. The van der Waals surface area contributed by atoms with E-state index in [2.05, 4.69) is 20.3 Å². The number of rotatable bonds is 7. The lowest BCUT2D eigenvalue weighted by molar-refractivity contribution is -0.140. The number of aryl methyl sites for hydroxylation is 1. The van der Waals surface area contributed by atoms with Gasteiger partial charge in [0.1, 0.15) is 17.0 Å². The maximum atomic E-state index is 12.0. The van der Waals surface area contributed by atoms with Crippen LogP contribution >= 0.6 is 23.7 Å². The van der Waals surface area contributed by atoms with Crippen molar-refractivity contribution in [3.05, 3.63) is 28.7 Å². The Bertz CT molecular complexity index is 658. The number of anilines is 1. The molecule has 3 N–H and O–H groups in total. The van der Waals surface area contributed by atoms with Crippen LogP contribution < -0.4 is 11.1 Å². The van der Waals surface area contributed by atoms with Crippen LogP contribution in [0.5, 0.6) is 0 Å². The molecule has 23 heavy (non-hydrogen) atoms. The molecule has 0 unspecified atom stereocenters. The Morgan fingerprint density at radius 3 is 2.87 bits per heavy atom. The first-order chi connectivity index (χ1) is 10.6. The number of furan rings is 1. The van der Waals surface area contributed by atoms with E-state index < -0.39 is 0 Å². The molecule has 2 heterocycles. The van der Waals surface area contributed by atoms with Crippen LogP contribution in [-0.4, -0.2) is 29.2 Å². The molecule has 0 aliphatic heterocycles. The predicted molar refractivity (Wildman–Crippen MR) is 86.7 cm³/mol. The summed E-state index contributed by atoms with van der Waals surface area (Å²) in [5, 5.41) is 11.6. The van der Waals surface area contributed by atoms with Gasteiger partial charge in [-0.05, 0) is 12.5 Å². The van der Waals surface area contributed by atoms with Crippen LogP contribution in [0, 0.1) is 0 Å². The molecule has 1 amide bonds. The predicted octanol–water partition coefficient (Wildman–Crippen LogP) is 1.76. The first-order valence-electron chi connectivity index (χ1n) is 6.60. The second kappa shape index (κ2) is 9.23. The molecule has 8 nitrogen and oxygen atoms in total. The zero-order chi connectivity index (χ0) is 15.9. The summed E-state index contributed by atoms with van der Waals surface area (Å²) < 4.78 is 9.66. The van der Waals surface area contributed by atoms with E-state index in [1.807, 2.05) is 0 Å². The van der Waals surface area contributed by atoms with Crippen molar-refractivity contribution in [3.8, 4) is 0 Å². The Labute approximate surface area is 142 Å². The van der Waals surface area contributed by atoms with Gasteiger partial charge in [0, 0.05) is 12.8 Å². The van der Waals surface area contributed by atoms with Crippen LogP contribution in [-0.2, 0) is 22.5 Å².